The molecule has 0 aromatic heterocycles. The van der Waals surface area contributed by atoms with Crippen LogP contribution in [0.1, 0.15) is 41.0 Å². The summed E-state index contributed by atoms with van der Waals surface area (Å²) in [7, 11) is 0. The summed E-state index contributed by atoms with van der Waals surface area (Å²) in [4.78, 5) is 52.3. The van der Waals surface area contributed by atoms with Crippen molar-refractivity contribution in [1.29, 1.82) is 0 Å². The Morgan fingerprint density at radius 2 is 1.63 bits per heavy atom. The molecule has 0 spiro atoms. The van der Waals surface area contributed by atoms with E-state index in [9.17, 15) is 23.6 Å². The molecule has 2 aliphatic rings. The van der Waals surface area contributed by atoms with Gasteiger partial charge in [0.1, 0.15) is 6.10 Å². The highest BCUT2D eigenvalue weighted by Crippen LogP contribution is 2.30. The van der Waals surface area contributed by atoms with Crippen LogP contribution in [0, 0.1) is 0 Å². The quantitative estimate of drug-likeness (QED) is 0.564. The van der Waals surface area contributed by atoms with Crippen LogP contribution >= 0.6 is 0 Å². The third kappa shape index (κ3) is 3.81. The number of esters is 2. The number of alkyl halides is 1. The van der Waals surface area contributed by atoms with E-state index in [1.165, 1.54) is 12.1 Å². The Labute approximate surface area is 152 Å². The van der Waals surface area contributed by atoms with E-state index in [1.54, 1.807) is 12.1 Å². The Hall–Kier alpha value is -2.85. The summed E-state index contributed by atoms with van der Waals surface area (Å²) < 4.78 is 29.1. The van der Waals surface area contributed by atoms with Gasteiger partial charge in [-0.3, -0.25) is 19.2 Å². The van der Waals surface area contributed by atoms with Gasteiger partial charge in [0, 0.05) is 20.3 Å². The van der Waals surface area contributed by atoms with Gasteiger partial charge in [-0.2, -0.15) is 0 Å². The monoisotopic (exact) mass is 381 g/mol. The highest BCUT2D eigenvalue weighted by atomic mass is 19.1. The molecule has 0 radical (unpaired) electrons. The van der Waals surface area contributed by atoms with Gasteiger partial charge in [-0.25, -0.2) is 9.23 Å². The second-order valence-corrected chi connectivity index (χ2v) is 5.93. The second kappa shape index (κ2) is 7.41. The van der Waals surface area contributed by atoms with Crippen LogP contribution in [0.4, 0.5) is 4.39 Å². The van der Waals surface area contributed by atoms with E-state index >= 15 is 0 Å². The normalized spacial score (nSPS) is 27.3. The van der Waals surface area contributed by atoms with Crippen LogP contribution in [0.2, 0.25) is 0 Å². The molecule has 144 valence electrons. The van der Waals surface area contributed by atoms with E-state index in [0.29, 0.717) is 5.06 Å². The van der Waals surface area contributed by atoms with Crippen LogP contribution in [0.3, 0.4) is 0 Å². The standard InChI is InChI=1S/C17H16FNO8/c1-8(20)24-12-7-13(26-15(18)14(12)25-9(2)21)27-19-16(22)10-5-3-4-6-11(10)17(19)23/h3-6,12-15H,7H2,1-2H3/t12-,13-,14-,15+/m0/s1. The van der Waals surface area contributed by atoms with Gasteiger partial charge in [-0.1, -0.05) is 12.1 Å². The van der Waals surface area contributed by atoms with Crippen molar-refractivity contribution in [3.63, 3.8) is 0 Å². The maximum atomic E-state index is 14.3. The van der Waals surface area contributed by atoms with Crippen molar-refractivity contribution in [3.05, 3.63) is 35.4 Å². The van der Waals surface area contributed by atoms with Gasteiger partial charge in [0.05, 0.1) is 11.1 Å². The number of imide groups is 1. The SMILES string of the molecule is CC(=O)O[C@@H]1[C@H](F)O[C@@H](ON2C(=O)c3ccccc3C2=O)C[C@@H]1OC(C)=O. The summed E-state index contributed by atoms with van der Waals surface area (Å²) in [5, 5.41) is 0.471. The van der Waals surface area contributed by atoms with Crippen molar-refractivity contribution in [2.24, 2.45) is 0 Å². The molecule has 27 heavy (non-hydrogen) atoms. The third-order valence-corrected chi connectivity index (χ3v) is 3.93. The first-order chi connectivity index (χ1) is 12.8. The minimum Gasteiger partial charge on any atom is -0.458 e. The van der Waals surface area contributed by atoms with E-state index in [-0.39, 0.29) is 17.5 Å². The number of ether oxygens (including phenoxy) is 3. The van der Waals surface area contributed by atoms with Crippen molar-refractivity contribution in [1.82, 2.24) is 5.06 Å². The Morgan fingerprint density at radius 1 is 1.07 bits per heavy atom. The predicted octanol–water partition coefficient (Wildman–Crippen LogP) is 1.12. The number of hydrogen-bond donors (Lipinski definition) is 0. The number of nitrogens with zero attached hydrogens (tertiary/aromatic N) is 1. The highest BCUT2D eigenvalue weighted by Gasteiger charge is 2.47. The number of hydroxylamine groups is 2. The van der Waals surface area contributed by atoms with Crippen LogP contribution in [-0.4, -0.2) is 53.7 Å². The molecule has 0 bridgehead atoms. The average Bonchev–Trinajstić information content (AvgIpc) is 2.83. The van der Waals surface area contributed by atoms with Crippen LogP contribution in [-0.2, 0) is 28.6 Å². The average molecular weight is 381 g/mol. The molecule has 1 aromatic rings. The number of hydrogen-bond acceptors (Lipinski definition) is 8. The molecule has 1 saturated heterocycles. The molecular weight excluding hydrogens is 365 g/mol. The lowest BCUT2D eigenvalue weighted by Gasteiger charge is -2.37. The zero-order valence-electron chi connectivity index (χ0n) is 14.4. The summed E-state index contributed by atoms with van der Waals surface area (Å²) in [6.45, 7) is 2.17. The molecule has 0 aliphatic carbocycles. The second-order valence-electron chi connectivity index (χ2n) is 5.93. The lowest BCUT2D eigenvalue weighted by atomic mass is 10.1. The van der Waals surface area contributed by atoms with E-state index in [0.717, 1.165) is 13.8 Å². The lowest BCUT2D eigenvalue weighted by Crippen LogP contribution is -2.52. The molecule has 4 atom stereocenters. The van der Waals surface area contributed by atoms with Crippen LogP contribution in [0.5, 0.6) is 0 Å². The van der Waals surface area contributed by atoms with E-state index in [2.05, 4.69) is 0 Å². The molecule has 2 amide bonds. The Morgan fingerprint density at radius 3 is 2.15 bits per heavy atom. The summed E-state index contributed by atoms with van der Waals surface area (Å²) in [5.74, 6) is -2.96. The van der Waals surface area contributed by atoms with Crippen LogP contribution in [0.15, 0.2) is 24.3 Å². The smallest absolute Gasteiger partial charge is 0.303 e. The molecule has 0 unspecified atom stereocenters. The Kier molecular flexibility index (Phi) is 5.19. The van der Waals surface area contributed by atoms with E-state index < -0.39 is 48.6 Å². The van der Waals surface area contributed by atoms with Crippen molar-refractivity contribution < 1.29 is 42.6 Å². The number of rotatable bonds is 4. The Bertz CT molecular complexity index is 762. The maximum absolute atomic E-state index is 14.3. The number of halogens is 1. The molecule has 0 N–H and O–H groups in total. The molecule has 2 aliphatic heterocycles. The number of carbonyl (C=O) groups excluding carboxylic acids is 4. The number of carbonyl (C=O) groups is 4. The van der Waals surface area contributed by atoms with Gasteiger partial charge < -0.3 is 14.2 Å². The zero-order chi connectivity index (χ0) is 19.7. The van der Waals surface area contributed by atoms with Gasteiger partial charge in [0.2, 0.25) is 6.36 Å². The summed E-state index contributed by atoms with van der Waals surface area (Å²) in [6.07, 6.45) is -6.57. The molecule has 3 rings (SSSR count). The topological polar surface area (TPSA) is 108 Å². The molecule has 1 aromatic carbocycles. The zero-order valence-corrected chi connectivity index (χ0v) is 14.4. The van der Waals surface area contributed by atoms with Crippen molar-refractivity contribution in [2.75, 3.05) is 0 Å². The fourth-order valence-corrected chi connectivity index (χ4v) is 2.87. The maximum Gasteiger partial charge on any atom is 0.303 e. The fourth-order valence-electron chi connectivity index (χ4n) is 2.87. The minimum atomic E-state index is -2.19. The first-order valence-electron chi connectivity index (χ1n) is 8.06. The molecule has 10 heteroatoms. The Balaban J connectivity index is 1.75. The first-order valence-corrected chi connectivity index (χ1v) is 8.06. The summed E-state index contributed by atoms with van der Waals surface area (Å²) in [5.41, 5.74) is 0.286. The molecular formula is C17H16FNO8. The third-order valence-electron chi connectivity index (χ3n) is 3.93. The highest BCUT2D eigenvalue weighted by molar-refractivity contribution is 6.20. The number of amides is 2. The lowest BCUT2D eigenvalue weighted by molar-refractivity contribution is -0.323. The van der Waals surface area contributed by atoms with Gasteiger partial charge in [-0.15, -0.1) is 5.06 Å². The van der Waals surface area contributed by atoms with Gasteiger partial charge in [0.15, 0.2) is 12.4 Å². The first kappa shape index (κ1) is 18.9. The summed E-state index contributed by atoms with van der Waals surface area (Å²) >= 11 is 0. The van der Waals surface area contributed by atoms with Crippen molar-refractivity contribution in [3.8, 4) is 0 Å². The summed E-state index contributed by atoms with van der Waals surface area (Å²) in [6, 6.07) is 6.08. The molecule has 9 nitrogen and oxygen atoms in total. The molecule has 2 heterocycles. The molecule has 0 saturated carbocycles. The number of benzene rings is 1. The number of fused-ring (bicyclic) bond motifs is 1. The van der Waals surface area contributed by atoms with Crippen LogP contribution < -0.4 is 0 Å². The predicted molar refractivity (Wildman–Crippen MR) is 83.5 cm³/mol. The van der Waals surface area contributed by atoms with Gasteiger partial charge in [0.25, 0.3) is 11.8 Å². The van der Waals surface area contributed by atoms with E-state index in [1.807, 2.05) is 0 Å². The van der Waals surface area contributed by atoms with Crippen molar-refractivity contribution >= 4 is 23.8 Å². The largest absolute Gasteiger partial charge is 0.458 e. The van der Waals surface area contributed by atoms with Crippen LogP contribution in [0.25, 0.3) is 0 Å². The van der Waals surface area contributed by atoms with Crippen molar-refractivity contribution in [2.45, 2.75) is 45.1 Å². The van der Waals surface area contributed by atoms with Gasteiger partial charge >= 0.3 is 11.9 Å². The minimum absolute atomic E-state index is 0.143. The fraction of sp³-hybridized carbons (Fsp3) is 0.412. The van der Waals surface area contributed by atoms with E-state index in [4.69, 9.17) is 19.0 Å². The van der Waals surface area contributed by atoms with Gasteiger partial charge in [-0.05, 0) is 12.1 Å². The molecule has 1 fully saturated rings.